The van der Waals surface area contributed by atoms with Crippen LogP contribution in [0.4, 0.5) is 5.69 Å². The summed E-state index contributed by atoms with van der Waals surface area (Å²) in [5.74, 6) is -0.576. The van der Waals surface area contributed by atoms with Crippen LogP contribution in [0.5, 0.6) is 0 Å². The first-order chi connectivity index (χ1) is 14.7. The Morgan fingerprint density at radius 2 is 2.03 bits per heavy atom. The number of halogens is 1. The third-order valence-corrected chi connectivity index (χ3v) is 7.36. The number of carbonyl (C=O) groups excluding carboxylic acids is 2. The van der Waals surface area contributed by atoms with Gasteiger partial charge in [0.15, 0.2) is 0 Å². The number of nitrogens with one attached hydrogen (secondary N) is 2. The topological polar surface area (TPSA) is 70.7 Å². The summed E-state index contributed by atoms with van der Waals surface area (Å²) in [4.78, 5) is 28.9. The summed E-state index contributed by atoms with van der Waals surface area (Å²) in [5.41, 5.74) is 2.18. The lowest BCUT2D eigenvalue weighted by Crippen LogP contribution is -2.57. The maximum absolute atomic E-state index is 13.3. The molecular formula is C23H28ClN3O3S. The van der Waals surface area contributed by atoms with Gasteiger partial charge in [0, 0.05) is 37.2 Å². The van der Waals surface area contributed by atoms with E-state index >= 15 is 0 Å². The lowest BCUT2D eigenvalue weighted by atomic mass is 9.81. The third kappa shape index (κ3) is 4.65. The largest absolute Gasteiger partial charge is 0.378 e. The lowest BCUT2D eigenvalue weighted by Gasteiger charge is -2.30. The summed E-state index contributed by atoms with van der Waals surface area (Å²) in [7, 11) is 2.14. The van der Waals surface area contributed by atoms with Crippen molar-refractivity contribution in [1.29, 1.82) is 0 Å². The second-order valence-electron chi connectivity index (χ2n) is 9.14. The van der Waals surface area contributed by atoms with Crippen LogP contribution in [0.25, 0.3) is 0 Å². The van der Waals surface area contributed by atoms with Crippen molar-refractivity contribution < 1.29 is 14.3 Å². The van der Waals surface area contributed by atoms with Gasteiger partial charge in [-0.15, -0.1) is 11.3 Å². The number of carbonyl (C=O) groups is 2. The molecule has 8 heteroatoms. The number of hydrogen-bond donors (Lipinski definition) is 2. The second-order valence-corrected chi connectivity index (χ2v) is 10.9. The van der Waals surface area contributed by atoms with E-state index in [1.165, 1.54) is 22.5 Å². The summed E-state index contributed by atoms with van der Waals surface area (Å²) < 4.78 is 6.04. The van der Waals surface area contributed by atoms with E-state index < -0.39 is 5.54 Å². The van der Waals surface area contributed by atoms with E-state index in [1.54, 1.807) is 12.1 Å². The Morgan fingerprint density at radius 1 is 1.23 bits per heavy atom. The summed E-state index contributed by atoms with van der Waals surface area (Å²) >= 11 is 7.15. The first-order valence-electron chi connectivity index (χ1n) is 10.5. The highest BCUT2D eigenvalue weighted by Crippen LogP contribution is 2.33. The molecule has 0 radical (unpaired) electrons. The Bertz CT molecular complexity index is 998. The molecule has 2 aliphatic rings. The van der Waals surface area contributed by atoms with Gasteiger partial charge in [-0.05, 0) is 48.9 Å². The molecule has 0 aliphatic carbocycles. The van der Waals surface area contributed by atoms with E-state index in [9.17, 15) is 9.59 Å². The molecule has 1 aromatic heterocycles. The van der Waals surface area contributed by atoms with E-state index in [-0.39, 0.29) is 23.8 Å². The summed E-state index contributed by atoms with van der Waals surface area (Å²) in [6, 6.07) is 9.47. The molecule has 2 aromatic rings. The Morgan fingerprint density at radius 3 is 2.71 bits per heavy atom. The number of anilines is 1. The van der Waals surface area contributed by atoms with Gasteiger partial charge in [-0.25, -0.2) is 0 Å². The highest BCUT2D eigenvalue weighted by molar-refractivity contribution is 7.18. The molecular weight excluding hydrogens is 434 g/mol. The zero-order valence-corrected chi connectivity index (χ0v) is 19.7. The van der Waals surface area contributed by atoms with Crippen LogP contribution in [-0.2, 0) is 21.4 Å². The molecule has 0 spiro atoms. The summed E-state index contributed by atoms with van der Waals surface area (Å²) in [6.45, 7) is 7.00. The van der Waals surface area contributed by atoms with Crippen LogP contribution in [-0.4, -0.2) is 55.6 Å². The van der Waals surface area contributed by atoms with Crippen molar-refractivity contribution in [3.8, 4) is 0 Å². The maximum atomic E-state index is 13.3. The van der Waals surface area contributed by atoms with Crippen LogP contribution >= 0.6 is 22.9 Å². The molecule has 31 heavy (non-hydrogen) atoms. The van der Waals surface area contributed by atoms with Crippen LogP contribution in [0.2, 0.25) is 4.34 Å². The fourth-order valence-electron chi connectivity index (χ4n) is 4.52. The van der Waals surface area contributed by atoms with Crippen molar-refractivity contribution in [1.82, 2.24) is 10.2 Å². The van der Waals surface area contributed by atoms with E-state index in [4.69, 9.17) is 16.3 Å². The fraction of sp³-hybridized carbons (Fsp3) is 0.478. The van der Waals surface area contributed by atoms with Crippen molar-refractivity contribution in [3.05, 3.63) is 50.7 Å². The van der Waals surface area contributed by atoms with Crippen molar-refractivity contribution in [2.75, 3.05) is 38.7 Å². The maximum Gasteiger partial charge on any atom is 0.262 e. The predicted octanol–water partition coefficient (Wildman–Crippen LogP) is 3.69. The Labute approximate surface area is 191 Å². The second kappa shape index (κ2) is 8.54. The molecule has 1 atom stereocenters. The number of benzene rings is 1. The van der Waals surface area contributed by atoms with Crippen LogP contribution in [0.15, 0.2) is 30.3 Å². The molecule has 1 fully saturated rings. The number of likely N-dealkylation sites (N-methyl/N-ethyl adjacent to an activating group) is 1. The number of ether oxygens (including phenoxy) is 1. The average molecular weight is 462 g/mol. The molecule has 2 amide bonds. The molecule has 1 unspecified atom stereocenters. The van der Waals surface area contributed by atoms with Gasteiger partial charge in [0.2, 0.25) is 0 Å². The van der Waals surface area contributed by atoms with E-state index in [0.717, 1.165) is 25.2 Å². The van der Waals surface area contributed by atoms with Crippen molar-refractivity contribution in [2.45, 2.75) is 37.6 Å². The van der Waals surface area contributed by atoms with Gasteiger partial charge in [-0.3, -0.25) is 9.59 Å². The molecule has 4 rings (SSSR count). The molecule has 1 saturated heterocycles. The lowest BCUT2D eigenvalue weighted by molar-refractivity contribution is -0.122. The SMILES string of the molecule is CN1CCc2ccc(NC(=O)C3(NC(=O)c4ccc(Cl)s4)CCOC3)cc2C(C)(C)C1. The van der Waals surface area contributed by atoms with Gasteiger partial charge in [0.25, 0.3) is 11.8 Å². The molecule has 2 N–H and O–H groups in total. The first-order valence-corrected chi connectivity index (χ1v) is 11.7. The van der Waals surface area contributed by atoms with Crippen LogP contribution in [0, 0.1) is 0 Å². The van der Waals surface area contributed by atoms with Crippen LogP contribution in [0.1, 0.15) is 41.1 Å². The normalized spacial score (nSPS) is 23.1. The van der Waals surface area contributed by atoms with Gasteiger partial charge in [0.1, 0.15) is 5.54 Å². The highest BCUT2D eigenvalue weighted by atomic mass is 35.5. The molecule has 1 aromatic carbocycles. The monoisotopic (exact) mass is 461 g/mol. The van der Waals surface area contributed by atoms with Crippen LogP contribution in [0.3, 0.4) is 0 Å². The van der Waals surface area contributed by atoms with Gasteiger partial charge in [0.05, 0.1) is 15.8 Å². The standard InChI is InChI=1S/C23H28ClN3O3S/c1-22(2)13-27(3)10-8-15-4-5-16(12-17(15)22)25-21(29)23(9-11-30-14-23)26-20(28)18-6-7-19(24)31-18/h4-7,12H,8-11,13-14H2,1-3H3,(H,25,29)(H,26,28). The van der Waals surface area contributed by atoms with Crippen molar-refractivity contribution >= 4 is 40.4 Å². The predicted molar refractivity (Wildman–Crippen MR) is 124 cm³/mol. The third-order valence-electron chi connectivity index (χ3n) is 6.13. The van der Waals surface area contributed by atoms with Crippen molar-refractivity contribution in [2.24, 2.45) is 0 Å². The van der Waals surface area contributed by atoms with Gasteiger partial charge < -0.3 is 20.3 Å². The Balaban J connectivity index is 1.55. The van der Waals surface area contributed by atoms with Gasteiger partial charge >= 0.3 is 0 Å². The van der Waals surface area contributed by atoms with E-state index in [2.05, 4.69) is 48.6 Å². The van der Waals surface area contributed by atoms with Crippen LogP contribution < -0.4 is 10.6 Å². The molecule has 0 bridgehead atoms. The molecule has 6 nitrogen and oxygen atoms in total. The number of rotatable bonds is 4. The van der Waals surface area contributed by atoms with Gasteiger partial charge in [-0.1, -0.05) is 31.5 Å². The smallest absolute Gasteiger partial charge is 0.262 e. The summed E-state index contributed by atoms with van der Waals surface area (Å²) in [5, 5.41) is 5.94. The highest BCUT2D eigenvalue weighted by Gasteiger charge is 2.44. The first kappa shape index (κ1) is 22.3. The number of amides is 2. The number of thiophene rings is 1. The minimum absolute atomic E-state index is 0.0257. The van der Waals surface area contributed by atoms with Crippen molar-refractivity contribution in [3.63, 3.8) is 0 Å². The number of fused-ring (bicyclic) bond motifs is 1. The Kier molecular flexibility index (Phi) is 6.14. The minimum atomic E-state index is -1.10. The zero-order chi connectivity index (χ0) is 22.2. The quantitative estimate of drug-likeness (QED) is 0.728. The summed E-state index contributed by atoms with van der Waals surface area (Å²) in [6.07, 6.45) is 1.41. The number of hydrogen-bond acceptors (Lipinski definition) is 5. The minimum Gasteiger partial charge on any atom is -0.378 e. The number of nitrogens with zero attached hydrogens (tertiary/aromatic N) is 1. The zero-order valence-electron chi connectivity index (χ0n) is 18.1. The Hall–Kier alpha value is -1.93. The van der Waals surface area contributed by atoms with E-state index in [0.29, 0.717) is 22.2 Å². The molecule has 3 heterocycles. The molecule has 0 saturated carbocycles. The average Bonchev–Trinajstić information content (AvgIpc) is 3.34. The van der Waals surface area contributed by atoms with Gasteiger partial charge in [-0.2, -0.15) is 0 Å². The van der Waals surface area contributed by atoms with E-state index in [1.807, 2.05) is 6.07 Å². The fourth-order valence-corrected chi connectivity index (χ4v) is 5.46. The molecule has 2 aliphatic heterocycles. The molecule has 166 valence electrons.